The van der Waals surface area contributed by atoms with Crippen LogP contribution in [0.5, 0.6) is 0 Å². The van der Waals surface area contributed by atoms with Crippen molar-refractivity contribution in [1.82, 2.24) is 4.98 Å². The standard InChI is InChI=1S/C12H17ClN2O3/c1-8-4-15(5-10(7-17)18-8)12-11(13)2-9(6-16)3-14-12/h2-3,8,10,16-17H,4-7H2,1H3. The van der Waals surface area contributed by atoms with Crippen LogP contribution in [0.4, 0.5) is 5.82 Å². The minimum Gasteiger partial charge on any atom is -0.394 e. The number of aliphatic hydroxyl groups is 2. The third-order valence-electron chi connectivity index (χ3n) is 2.89. The number of aliphatic hydroxyl groups excluding tert-OH is 2. The van der Waals surface area contributed by atoms with Crippen LogP contribution in [-0.2, 0) is 11.3 Å². The fraction of sp³-hybridized carbons (Fsp3) is 0.583. The molecule has 0 bridgehead atoms. The van der Waals surface area contributed by atoms with E-state index in [0.29, 0.717) is 29.5 Å². The van der Waals surface area contributed by atoms with Gasteiger partial charge in [0.2, 0.25) is 0 Å². The van der Waals surface area contributed by atoms with Gasteiger partial charge in [0.05, 0.1) is 30.4 Å². The van der Waals surface area contributed by atoms with E-state index in [0.717, 1.165) is 0 Å². The molecule has 1 aromatic heterocycles. The summed E-state index contributed by atoms with van der Waals surface area (Å²) in [5, 5.41) is 18.7. The predicted octanol–water partition coefficient (Wildman–Crippen LogP) is 0.813. The van der Waals surface area contributed by atoms with E-state index in [9.17, 15) is 5.11 Å². The zero-order valence-electron chi connectivity index (χ0n) is 10.2. The molecular formula is C12H17ClN2O3. The first-order chi connectivity index (χ1) is 8.63. The summed E-state index contributed by atoms with van der Waals surface area (Å²) < 4.78 is 5.57. The molecule has 5 nitrogen and oxygen atoms in total. The maximum atomic E-state index is 9.19. The Labute approximate surface area is 111 Å². The highest BCUT2D eigenvalue weighted by atomic mass is 35.5. The van der Waals surface area contributed by atoms with Gasteiger partial charge in [-0.3, -0.25) is 0 Å². The average Bonchev–Trinajstić information content (AvgIpc) is 2.37. The summed E-state index contributed by atoms with van der Waals surface area (Å²) in [5.74, 6) is 0.669. The van der Waals surface area contributed by atoms with Crippen molar-refractivity contribution in [3.05, 3.63) is 22.8 Å². The van der Waals surface area contributed by atoms with E-state index in [4.69, 9.17) is 21.4 Å². The van der Waals surface area contributed by atoms with Gasteiger partial charge in [-0.15, -0.1) is 0 Å². The quantitative estimate of drug-likeness (QED) is 0.853. The molecule has 1 aromatic rings. The van der Waals surface area contributed by atoms with Gasteiger partial charge in [0.25, 0.3) is 0 Å². The molecule has 2 N–H and O–H groups in total. The van der Waals surface area contributed by atoms with Gasteiger partial charge in [-0.05, 0) is 18.6 Å². The van der Waals surface area contributed by atoms with Crippen molar-refractivity contribution < 1.29 is 14.9 Å². The number of rotatable bonds is 3. The number of pyridine rings is 1. The largest absolute Gasteiger partial charge is 0.394 e. The number of hydrogen-bond acceptors (Lipinski definition) is 5. The Kier molecular flexibility index (Phi) is 4.40. The fourth-order valence-electron chi connectivity index (χ4n) is 2.11. The molecule has 0 radical (unpaired) electrons. The lowest BCUT2D eigenvalue weighted by atomic mass is 10.2. The molecule has 1 aliphatic rings. The van der Waals surface area contributed by atoms with E-state index >= 15 is 0 Å². The molecule has 0 saturated carbocycles. The van der Waals surface area contributed by atoms with E-state index in [1.54, 1.807) is 12.3 Å². The number of anilines is 1. The lowest BCUT2D eigenvalue weighted by molar-refractivity contribution is -0.0422. The summed E-state index contributed by atoms with van der Waals surface area (Å²) in [6, 6.07) is 1.71. The van der Waals surface area contributed by atoms with Crippen LogP contribution in [0.25, 0.3) is 0 Å². The van der Waals surface area contributed by atoms with E-state index in [1.165, 1.54) is 0 Å². The van der Waals surface area contributed by atoms with Gasteiger partial charge in [0.15, 0.2) is 0 Å². The van der Waals surface area contributed by atoms with Crippen LogP contribution >= 0.6 is 11.6 Å². The summed E-state index contributed by atoms with van der Waals surface area (Å²) in [4.78, 5) is 6.27. The van der Waals surface area contributed by atoms with Crippen LogP contribution in [0, 0.1) is 0 Å². The molecule has 0 aromatic carbocycles. The summed E-state index contributed by atoms with van der Waals surface area (Å²) in [7, 11) is 0. The van der Waals surface area contributed by atoms with Crippen LogP contribution in [0.15, 0.2) is 12.3 Å². The first-order valence-corrected chi connectivity index (χ1v) is 6.28. The third kappa shape index (κ3) is 2.92. The molecule has 6 heteroatoms. The molecule has 0 aliphatic carbocycles. The van der Waals surface area contributed by atoms with Crippen molar-refractivity contribution in [2.45, 2.75) is 25.7 Å². The van der Waals surface area contributed by atoms with Crippen LogP contribution in [0.2, 0.25) is 5.02 Å². The molecule has 0 spiro atoms. The maximum Gasteiger partial charge on any atom is 0.147 e. The highest BCUT2D eigenvalue weighted by Crippen LogP contribution is 2.26. The summed E-state index contributed by atoms with van der Waals surface area (Å²) >= 11 is 6.16. The van der Waals surface area contributed by atoms with Crippen LogP contribution in [-0.4, -0.2) is 47.1 Å². The highest BCUT2D eigenvalue weighted by molar-refractivity contribution is 6.33. The normalized spacial score (nSPS) is 24.3. The minimum absolute atomic E-state index is 0.0197. The number of morpholine rings is 1. The molecule has 1 aliphatic heterocycles. The molecule has 2 rings (SSSR count). The molecule has 2 atom stereocenters. The van der Waals surface area contributed by atoms with E-state index in [1.807, 2.05) is 11.8 Å². The Hall–Kier alpha value is -0.880. The van der Waals surface area contributed by atoms with Crippen molar-refractivity contribution in [2.75, 3.05) is 24.6 Å². The van der Waals surface area contributed by atoms with Crippen LogP contribution in [0.3, 0.4) is 0 Å². The number of ether oxygens (including phenoxy) is 1. The Morgan fingerprint density at radius 1 is 1.50 bits per heavy atom. The van der Waals surface area contributed by atoms with Crippen molar-refractivity contribution in [1.29, 1.82) is 0 Å². The van der Waals surface area contributed by atoms with E-state index in [2.05, 4.69) is 4.98 Å². The average molecular weight is 273 g/mol. The molecule has 0 amide bonds. The number of aromatic nitrogens is 1. The Balaban J connectivity index is 2.19. The van der Waals surface area contributed by atoms with Crippen molar-refractivity contribution in [3.63, 3.8) is 0 Å². The number of nitrogens with zero attached hydrogens (tertiary/aromatic N) is 2. The highest BCUT2D eigenvalue weighted by Gasteiger charge is 2.26. The number of hydrogen-bond donors (Lipinski definition) is 2. The fourth-order valence-corrected chi connectivity index (χ4v) is 2.42. The van der Waals surface area contributed by atoms with Gasteiger partial charge in [0.1, 0.15) is 5.82 Å². The van der Waals surface area contributed by atoms with Crippen molar-refractivity contribution >= 4 is 17.4 Å². The Morgan fingerprint density at radius 2 is 2.28 bits per heavy atom. The second-order valence-corrected chi connectivity index (χ2v) is 4.87. The first kappa shape index (κ1) is 13.5. The molecule has 18 heavy (non-hydrogen) atoms. The molecular weight excluding hydrogens is 256 g/mol. The van der Waals surface area contributed by atoms with Crippen molar-refractivity contribution in [3.8, 4) is 0 Å². The third-order valence-corrected chi connectivity index (χ3v) is 3.17. The lowest BCUT2D eigenvalue weighted by Crippen LogP contribution is -2.48. The zero-order valence-corrected chi connectivity index (χ0v) is 11.0. The van der Waals surface area contributed by atoms with E-state index < -0.39 is 0 Å². The maximum absolute atomic E-state index is 9.19. The first-order valence-electron chi connectivity index (χ1n) is 5.90. The van der Waals surface area contributed by atoms with Gasteiger partial charge in [0, 0.05) is 19.3 Å². The van der Waals surface area contributed by atoms with Gasteiger partial charge in [-0.2, -0.15) is 0 Å². The molecule has 100 valence electrons. The lowest BCUT2D eigenvalue weighted by Gasteiger charge is -2.37. The van der Waals surface area contributed by atoms with Crippen LogP contribution in [0.1, 0.15) is 12.5 Å². The van der Waals surface area contributed by atoms with E-state index in [-0.39, 0.29) is 25.4 Å². The zero-order chi connectivity index (χ0) is 13.1. The smallest absolute Gasteiger partial charge is 0.147 e. The summed E-state index contributed by atoms with van der Waals surface area (Å²) in [5.41, 5.74) is 0.684. The molecule has 2 heterocycles. The Morgan fingerprint density at radius 3 is 2.89 bits per heavy atom. The van der Waals surface area contributed by atoms with Crippen LogP contribution < -0.4 is 4.90 Å². The van der Waals surface area contributed by atoms with Gasteiger partial charge in [-0.25, -0.2) is 4.98 Å². The summed E-state index contributed by atoms with van der Waals surface area (Å²) in [6.45, 7) is 3.09. The van der Waals surface area contributed by atoms with Gasteiger partial charge in [-0.1, -0.05) is 11.6 Å². The van der Waals surface area contributed by atoms with Gasteiger partial charge >= 0.3 is 0 Å². The van der Waals surface area contributed by atoms with Crippen molar-refractivity contribution in [2.24, 2.45) is 0 Å². The SMILES string of the molecule is CC1CN(c2ncc(CO)cc2Cl)CC(CO)O1. The molecule has 1 fully saturated rings. The Bertz CT molecular complexity index is 416. The second kappa shape index (κ2) is 5.84. The predicted molar refractivity (Wildman–Crippen MR) is 68.8 cm³/mol. The molecule has 1 saturated heterocycles. The van der Waals surface area contributed by atoms with Gasteiger partial charge < -0.3 is 19.8 Å². The minimum atomic E-state index is -0.218. The monoisotopic (exact) mass is 272 g/mol. The molecule has 2 unspecified atom stereocenters. The number of halogens is 1. The topological polar surface area (TPSA) is 65.8 Å². The second-order valence-electron chi connectivity index (χ2n) is 4.46. The summed E-state index contributed by atoms with van der Waals surface area (Å²) in [6.07, 6.45) is 1.41.